The largest absolute Gasteiger partial charge is 0.368 e. The summed E-state index contributed by atoms with van der Waals surface area (Å²) in [6.07, 6.45) is 4.49. The molecule has 0 aliphatic heterocycles. The highest BCUT2D eigenvalue weighted by atomic mass is 16.1. The molecule has 1 unspecified atom stereocenters. The van der Waals surface area contributed by atoms with Gasteiger partial charge in [-0.1, -0.05) is 6.92 Å². The molecule has 0 bridgehead atoms. The Morgan fingerprint density at radius 3 is 2.93 bits per heavy atom. The van der Waals surface area contributed by atoms with Gasteiger partial charge in [0.1, 0.15) is 0 Å². The maximum Gasteiger partial charge on any atom is 0.234 e. The minimum atomic E-state index is -0.297. The van der Waals surface area contributed by atoms with Crippen LogP contribution in [0, 0.1) is 6.92 Å². The molecule has 1 atom stereocenters. The predicted octanol–water partition coefficient (Wildman–Crippen LogP) is 0.0450. The summed E-state index contributed by atoms with van der Waals surface area (Å²) < 4.78 is 1.84. The quantitative estimate of drug-likeness (QED) is 0.696. The molecule has 15 heavy (non-hydrogen) atoms. The Kier molecular flexibility index (Phi) is 4.30. The van der Waals surface area contributed by atoms with E-state index in [4.69, 9.17) is 5.73 Å². The van der Waals surface area contributed by atoms with E-state index in [1.54, 1.807) is 0 Å². The van der Waals surface area contributed by atoms with Crippen molar-refractivity contribution in [2.24, 2.45) is 5.73 Å². The highest BCUT2D eigenvalue weighted by Gasteiger charge is 2.10. The first-order chi connectivity index (χ1) is 7.13. The number of amides is 1. The number of carbonyl (C=O) groups is 1. The van der Waals surface area contributed by atoms with Crippen LogP contribution in [0.1, 0.15) is 18.9 Å². The molecule has 84 valence electrons. The number of carbonyl (C=O) groups excluding carboxylic acids is 1. The standard InChI is InChI=1S/C10H18N4O/c1-3-9(10(11)15)12-4-5-14-7-8(2)6-13-14/h6-7,9,12H,3-5H2,1-2H3,(H2,11,15). The van der Waals surface area contributed by atoms with E-state index in [2.05, 4.69) is 10.4 Å². The van der Waals surface area contributed by atoms with Gasteiger partial charge in [-0.05, 0) is 18.9 Å². The third-order valence-electron chi connectivity index (χ3n) is 2.25. The van der Waals surface area contributed by atoms with Crippen LogP contribution in [0.4, 0.5) is 0 Å². The molecule has 0 saturated carbocycles. The average molecular weight is 210 g/mol. The summed E-state index contributed by atoms with van der Waals surface area (Å²) in [5, 5.41) is 7.24. The summed E-state index contributed by atoms with van der Waals surface area (Å²) in [4.78, 5) is 10.9. The summed E-state index contributed by atoms with van der Waals surface area (Å²) >= 11 is 0. The monoisotopic (exact) mass is 210 g/mol. The number of hydrogen-bond acceptors (Lipinski definition) is 3. The van der Waals surface area contributed by atoms with Gasteiger partial charge in [-0.25, -0.2) is 0 Å². The van der Waals surface area contributed by atoms with Crippen LogP contribution in [0.25, 0.3) is 0 Å². The molecule has 0 aliphatic rings. The lowest BCUT2D eigenvalue weighted by Gasteiger charge is -2.12. The fourth-order valence-corrected chi connectivity index (χ4v) is 1.39. The van der Waals surface area contributed by atoms with E-state index >= 15 is 0 Å². The van der Waals surface area contributed by atoms with Gasteiger partial charge in [0.15, 0.2) is 0 Å². The lowest BCUT2D eigenvalue weighted by atomic mass is 10.2. The molecule has 5 nitrogen and oxygen atoms in total. The highest BCUT2D eigenvalue weighted by molar-refractivity contribution is 5.79. The number of nitrogens with two attached hydrogens (primary N) is 1. The SMILES string of the molecule is CCC(NCCn1cc(C)cn1)C(N)=O. The normalized spacial score (nSPS) is 12.7. The summed E-state index contributed by atoms with van der Waals surface area (Å²) in [5.74, 6) is -0.297. The number of hydrogen-bond donors (Lipinski definition) is 2. The van der Waals surface area contributed by atoms with Crippen molar-refractivity contribution in [1.29, 1.82) is 0 Å². The number of aromatic nitrogens is 2. The van der Waals surface area contributed by atoms with Gasteiger partial charge in [0.2, 0.25) is 5.91 Å². The number of nitrogens with one attached hydrogen (secondary N) is 1. The van der Waals surface area contributed by atoms with Crippen molar-refractivity contribution in [3.63, 3.8) is 0 Å². The molecule has 0 saturated heterocycles. The topological polar surface area (TPSA) is 72.9 Å². The van der Waals surface area contributed by atoms with E-state index in [0.717, 1.165) is 12.1 Å². The molecule has 1 aromatic rings. The molecule has 5 heteroatoms. The van der Waals surface area contributed by atoms with Crippen LogP contribution >= 0.6 is 0 Å². The van der Waals surface area contributed by atoms with Crippen LogP contribution in [-0.2, 0) is 11.3 Å². The van der Waals surface area contributed by atoms with Crippen molar-refractivity contribution in [3.8, 4) is 0 Å². The Bertz CT molecular complexity index is 321. The summed E-state index contributed by atoms with van der Waals surface area (Å²) in [6.45, 7) is 5.37. The zero-order valence-corrected chi connectivity index (χ0v) is 9.23. The fourth-order valence-electron chi connectivity index (χ4n) is 1.39. The van der Waals surface area contributed by atoms with E-state index in [-0.39, 0.29) is 11.9 Å². The van der Waals surface area contributed by atoms with E-state index in [1.807, 2.05) is 30.9 Å². The number of nitrogens with zero attached hydrogens (tertiary/aromatic N) is 2. The second-order valence-electron chi connectivity index (χ2n) is 3.60. The third-order valence-corrected chi connectivity index (χ3v) is 2.25. The Labute approximate surface area is 89.6 Å². The van der Waals surface area contributed by atoms with Gasteiger partial charge in [0, 0.05) is 12.7 Å². The number of primary amides is 1. The van der Waals surface area contributed by atoms with Gasteiger partial charge >= 0.3 is 0 Å². The number of aryl methyl sites for hydroxylation is 1. The van der Waals surface area contributed by atoms with Gasteiger partial charge < -0.3 is 11.1 Å². The smallest absolute Gasteiger partial charge is 0.234 e. The Morgan fingerprint density at radius 1 is 1.73 bits per heavy atom. The first kappa shape index (κ1) is 11.7. The molecule has 0 radical (unpaired) electrons. The molecule has 0 spiro atoms. The minimum Gasteiger partial charge on any atom is -0.368 e. The molecule has 1 heterocycles. The first-order valence-electron chi connectivity index (χ1n) is 5.15. The van der Waals surface area contributed by atoms with Gasteiger partial charge in [-0.2, -0.15) is 5.10 Å². The van der Waals surface area contributed by atoms with Gasteiger partial charge in [-0.3, -0.25) is 9.48 Å². The van der Waals surface area contributed by atoms with Gasteiger partial charge in [-0.15, -0.1) is 0 Å². The first-order valence-corrected chi connectivity index (χ1v) is 5.15. The molecule has 3 N–H and O–H groups in total. The molecular weight excluding hydrogens is 192 g/mol. The second-order valence-corrected chi connectivity index (χ2v) is 3.60. The maximum absolute atomic E-state index is 10.9. The van der Waals surface area contributed by atoms with Crippen molar-refractivity contribution in [1.82, 2.24) is 15.1 Å². The predicted molar refractivity (Wildman–Crippen MR) is 58.2 cm³/mol. The van der Waals surface area contributed by atoms with E-state index < -0.39 is 0 Å². The van der Waals surface area contributed by atoms with E-state index in [0.29, 0.717) is 13.0 Å². The highest BCUT2D eigenvalue weighted by Crippen LogP contribution is 1.94. The van der Waals surface area contributed by atoms with Crippen LogP contribution in [0.3, 0.4) is 0 Å². The van der Waals surface area contributed by atoms with Crippen LogP contribution in [0.5, 0.6) is 0 Å². The minimum absolute atomic E-state index is 0.235. The Morgan fingerprint density at radius 2 is 2.47 bits per heavy atom. The molecule has 0 fully saturated rings. The number of rotatable bonds is 6. The Balaban J connectivity index is 2.29. The van der Waals surface area contributed by atoms with Gasteiger partial charge in [0.05, 0.1) is 18.8 Å². The maximum atomic E-state index is 10.9. The Hall–Kier alpha value is -1.36. The molecule has 0 aromatic carbocycles. The van der Waals surface area contributed by atoms with Crippen LogP contribution in [0.15, 0.2) is 12.4 Å². The van der Waals surface area contributed by atoms with Gasteiger partial charge in [0.25, 0.3) is 0 Å². The van der Waals surface area contributed by atoms with Crippen LogP contribution < -0.4 is 11.1 Å². The fraction of sp³-hybridized carbons (Fsp3) is 0.600. The summed E-state index contributed by atoms with van der Waals surface area (Å²) in [5.41, 5.74) is 6.34. The van der Waals surface area contributed by atoms with Crippen LogP contribution in [-0.4, -0.2) is 28.3 Å². The van der Waals surface area contributed by atoms with Crippen molar-refractivity contribution in [3.05, 3.63) is 18.0 Å². The second kappa shape index (κ2) is 5.50. The molecular formula is C10H18N4O. The third kappa shape index (κ3) is 3.71. The van der Waals surface area contributed by atoms with Crippen molar-refractivity contribution < 1.29 is 4.79 Å². The lowest BCUT2D eigenvalue weighted by molar-refractivity contribution is -0.120. The van der Waals surface area contributed by atoms with Crippen molar-refractivity contribution in [2.75, 3.05) is 6.54 Å². The van der Waals surface area contributed by atoms with Crippen molar-refractivity contribution in [2.45, 2.75) is 32.9 Å². The van der Waals surface area contributed by atoms with Crippen molar-refractivity contribution >= 4 is 5.91 Å². The molecule has 1 amide bonds. The zero-order chi connectivity index (χ0) is 11.3. The zero-order valence-electron chi connectivity index (χ0n) is 9.23. The van der Waals surface area contributed by atoms with E-state index in [9.17, 15) is 4.79 Å². The average Bonchev–Trinajstić information content (AvgIpc) is 2.58. The molecule has 1 aromatic heterocycles. The van der Waals surface area contributed by atoms with E-state index in [1.165, 1.54) is 0 Å². The lowest BCUT2D eigenvalue weighted by Crippen LogP contribution is -2.42. The molecule has 0 aliphatic carbocycles. The van der Waals surface area contributed by atoms with Crippen LogP contribution in [0.2, 0.25) is 0 Å². The summed E-state index contributed by atoms with van der Waals surface area (Å²) in [7, 11) is 0. The summed E-state index contributed by atoms with van der Waals surface area (Å²) in [6, 6.07) is -0.235. The molecule has 1 rings (SSSR count).